The summed E-state index contributed by atoms with van der Waals surface area (Å²) >= 11 is 5.76. The van der Waals surface area contributed by atoms with E-state index in [2.05, 4.69) is 20.4 Å². The molecule has 0 amide bonds. The van der Waals surface area contributed by atoms with E-state index in [4.69, 9.17) is 21.1 Å². The first-order valence-electron chi connectivity index (χ1n) is 10.2. The Balaban J connectivity index is 1.54. The number of nitrogens with one attached hydrogen (secondary N) is 1. The molecule has 1 saturated heterocycles. The van der Waals surface area contributed by atoms with Crippen molar-refractivity contribution in [3.8, 4) is 17.2 Å². The highest BCUT2D eigenvalue weighted by atomic mass is 35.5. The number of aromatic hydroxyl groups is 1. The fraction of sp³-hybridized carbons (Fsp3) is 0.364. The average molecular weight is 447 g/mol. The number of nitrogens with zero attached hydrogens (tertiary/aromatic N) is 3. The van der Waals surface area contributed by atoms with Gasteiger partial charge < -0.3 is 24.8 Å². The molecular formula is C22H24ClFN4O3. The van der Waals surface area contributed by atoms with E-state index in [9.17, 15) is 9.50 Å². The lowest BCUT2D eigenvalue weighted by molar-refractivity contribution is 0.254. The van der Waals surface area contributed by atoms with Crippen molar-refractivity contribution < 1.29 is 19.0 Å². The third kappa shape index (κ3) is 4.91. The Morgan fingerprint density at radius 2 is 1.97 bits per heavy atom. The Labute approximate surface area is 184 Å². The minimum absolute atomic E-state index is 0.0612. The van der Waals surface area contributed by atoms with Gasteiger partial charge in [-0.15, -0.1) is 0 Å². The average Bonchev–Trinajstić information content (AvgIpc) is 3.28. The molecule has 0 bridgehead atoms. The standard InChI is InChI=1S/C22H24ClFN4O3/c1-30-21-9-14-17(12-22(21)31-8-4-7-28-5-2-3-6-28)27-25-13-19(14)26-18-11-20(29)15(23)10-16(18)24/h9-13,29H,2-8H2,1H3,(H,26,27). The SMILES string of the molecule is COc1cc2c(Nc3cc(O)c(Cl)cc3F)cnnc2cc1OCCCN1CCCC1. The Morgan fingerprint density at radius 1 is 1.16 bits per heavy atom. The number of fused-ring (bicyclic) bond motifs is 1. The van der Waals surface area contributed by atoms with Crippen LogP contribution in [0.1, 0.15) is 19.3 Å². The Hall–Kier alpha value is -2.84. The predicted octanol–water partition coefficient (Wildman–Crippen LogP) is 4.74. The number of aromatic nitrogens is 2. The van der Waals surface area contributed by atoms with Crippen LogP contribution in [0.25, 0.3) is 10.9 Å². The monoisotopic (exact) mass is 446 g/mol. The van der Waals surface area contributed by atoms with Crippen LogP contribution in [-0.2, 0) is 0 Å². The van der Waals surface area contributed by atoms with Crippen molar-refractivity contribution >= 4 is 33.9 Å². The number of phenolic OH excluding ortho intramolecular Hbond substituents is 1. The van der Waals surface area contributed by atoms with Gasteiger partial charge in [0.15, 0.2) is 11.5 Å². The second-order valence-corrected chi connectivity index (χ2v) is 7.84. The molecule has 0 saturated carbocycles. The van der Waals surface area contributed by atoms with E-state index in [0.717, 1.165) is 32.1 Å². The van der Waals surface area contributed by atoms with Crippen LogP contribution in [0.4, 0.5) is 15.8 Å². The molecule has 1 aliphatic rings. The van der Waals surface area contributed by atoms with Crippen molar-refractivity contribution in [1.82, 2.24) is 15.1 Å². The van der Waals surface area contributed by atoms with E-state index in [1.165, 1.54) is 25.1 Å². The smallest absolute Gasteiger partial charge is 0.163 e. The van der Waals surface area contributed by atoms with E-state index in [0.29, 0.717) is 34.7 Å². The van der Waals surface area contributed by atoms with Crippen LogP contribution >= 0.6 is 11.6 Å². The normalized spacial score (nSPS) is 14.2. The van der Waals surface area contributed by atoms with Gasteiger partial charge in [-0.25, -0.2) is 4.39 Å². The molecule has 1 fully saturated rings. The maximum absolute atomic E-state index is 14.3. The Bertz CT molecular complexity index is 1080. The van der Waals surface area contributed by atoms with Gasteiger partial charge >= 0.3 is 0 Å². The number of rotatable bonds is 8. The van der Waals surface area contributed by atoms with Gasteiger partial charge in [0, 0.05) is 24.1 Å². The Morgan fingerprint density at radius 3 is 2.74 bits per heavy atom. The lowest BCUT2D eigenvalue weighted by Gasteiger charge is -2.16. The maximum Gasteiger partial charge on any atom is 0.163 e. The number of phenols is 1. The van der Waals surface area contributed by atoms with E-state index in [1.54, 1.807) is 19.2 Å². The molecule has 1 aromatic heterocycles. The molecule has 7 nitrogen and oxygen atoms in total. The van der Waals surface area contributed by atoms with Gasteiger partial charge in [-0.2, -0.15) is 10.2 Å². The van der Waals surface area contributed by atoms with Crippen molar-refractivity contribution in [2.45, 2.75) is 19.3 Å². The third-order valence-electron chi connectivity index (χ3n) is 5.31. The van der Waals surface area contributed by atoms with Gasteiger partial charge in [0.25, 0.3) is 0 Å². The van der Waals surface area contributed by atoms with Crippen molar-refractivity contribution in [2.24, 2.45) is 0 Å². The predicted molar refractivity (Wildman–Crippen MR) is 118 cm³/mol. The molecule has 2 aromatic carbocycles. The van der Waals surface area contributed by atoms with E-state index in [-0.39, 0.29) is 16.5 Å². The maximum atomic E-state index is 14.3. The number of ether oxygens (including phenoxy) is 2. The lowest BCUT2D eigenvalue weighted by Crippen LogP contribution is -2.21. The van der Waals surface area contributed by atoms with Gasteiger partial charge in [-0.05, 0) is 44.5 Å². The first-order chi connectivity index (χ1) is 15.0. The summed E-state index contributed by atoms with van der Waals surface area (Å²) in [5, 5.41) is 21.5. The highest BCUT2D eigenvalue weighted by molar-refractivity contribution is 6.32. The van der Waals surface area contributed by atoms with E-state index in [1.807, 2.05) is 0 Å². The quantitative estimate of drug-likeness (QED) is 0.483. The molecule has 2 heterocycles. The first-order valence-corrected chi connectivity index (χ1v) is 10.6. The molecule has 4 rings (SSSR count). The zero-order chi connectivity index (χ0) is 21.8. The van der Waals surface area contributed by atoms with Crippen LogP contribution in [0.2, 0.25) is 5.02 Å². The molecule has 3 aromatic rings. The van der Waals surface area contributed by atoms with Crippen LogP contribution in [0, 0.1) is 5.82 Å². The van der Waals surface area contributed by atoms with Crippen molar-refractivity contribution in [1.29, 1.82) is 0 Å². The molecule has 0 aliphatic carbocycles. The van der Waals surface area contributed by atoms with E-state index < -0.39 is 5.82 Å². The largest absolute Gasteiger partial charge is 0.506 e. The topological polar surface area (TPSA) is 79.7 Å². The van der Waals surface area contributed by atoms with Crippen molar-refractivity contribution in [2.75, 3.05) is 38.7 Å². The van der Waals surface area contributed by atoms with Crippen LogP contribution < -0.4 is 14.8 Å². The number of benzene rings is 2. The van der Waals surface area contributed by atoms with Crippen LogP contribution in [0.5, 0.6) is 17.2 Å². The molecule has 0 radical (unpaired) electrons. The highest BCUT2D eigenvalue weighted by Gasteiger charge is 2.15. The highest BCUT2D eigenvalue weighted by Crippen LogP contribution is 2.37. The summed E-state index contributed by atoms with van der Waals surface area (Å²) in [7, 11) is 1.57. The molecule has 0 spiro atoms. The van der Waals surface area contributed by atoms with Crippen LogP contribution in [0.15, 0.2) is 30.5 Å². The van der Waals surface area contributed by atoms with Gasteiger partial charge in [-0.1, -0.05) is 11.6 Å². The van der Waals surface area contributed by atoms with E-state index >= 15 is 0 Å². The molecule has 9 heteroatoms. The van der Waals surface area contributed by atoms with Crippen LogP contribution in [0.3, 0.4) is 0 Å². The summed E-state index contributed by atoms with van der Waals surface area (Å²) in [6.07, 6.45) is 4.94. The summed E-state index contributed by atoms with van der Waals surface area (Å²) in [5.74, 6) is 0.305. The number of halogens is 2. The molecular weight excluding hydrogens is 423 g/mol. The minimum Gasteiger partial charge on any atom is -0.506 e. The number of hydrogen-bond donors (Lipinski definition) is 2. The molecule has 164 valence electrons. The summed E-state index contributed by atoms with van der Waals surface area (Å²) in [4.78, 5) is 2.44. The van der Waals surface area contributed by atoms with Crippen molar-refractivity contribution in [3.63, 3.8) is 0 Å². The zero-order valence-corrected chi connectivity index (χ0v) is 18.0. The zero-order valence-electron chi connectivity index (χ0n) is 17.2. The van der Waals surface area contributed by atoms with Gasteiger partial charge in [0.2, 0.25) is 0 Å². The summed E-state index contributed by atoms with van der Waals surface area (Å²) in [6, 6.07) is 5.80. The number of hydrogen-bond acceptors (Lipinski definition) is 7. The molecule has 31 heavy (non-hydrogen) atoms. The minimum atomic E-state index is -0.599. The Kier molecular flexibility index (Phi) is 6.58. The summed E-state index contributed by atoms with van der Waals surface area (Å²) in [6.45, 7) is 3.91. The fourth-order valence-electron chi connectivity index (χ4n) is 3.69. The molecule has 2 N–H and O–H groups in total. The molecule has 0 atom stereocenters. The van der Waals surface area contributed by atoms with Crippen molar-refractivity contribution in [3.05, 3.63) is 41.3 Å². The van der Waals surface area contributed by atoms with Crippen LogP contribution in [-0.4, -0.2) is 53.6 Å². The fourth-order valence-corrected chi connectivity index (χ4v) is 3.84. The van der Waals surface area contributed by atoms with Gasteiger partial charge in [0.1, 0.15) is 11.6 Å². The summed E-state index contributed by atoms with van der Waals surface area (Å²) < 4.78 is 25.7. The summed E-state index contributed by atoms with van der Waals surface area (Å²) in [5.41, 5.74) is 1.14. The second-order valence-electron chi connectivity index (χ2n) is 7.44. The third-order valence-corrected chi connectivity index (χ3v) is 5.61. The first kappa shape index (κ1) is 21.4. The molecule has 0 unspecified atom stereocenters. The number of anilines is 2. The second kappa shape index (κ2) is 9.53. The number of likely N-dealkylation sites (tertiary alicyclic amines) is 1. The lowest BCUT2D eigenvalue weighted by atomic mass is 10.1. The van der Waals surface area contributed by atoms with Gasteiger partial charge in [-0.3, -0.25) is 0 Å². The molecule has 1 aliphatic heterocycles. The van der Waals surface area contributed by atoms with Gasteiger partial charge in [0.05, 0.1) is 41.8 Å². The number of methoxy groups -OCH3 is 1.